The molecule has 2 aromatic rings. The standard InChI is InChI=1S/C23H34N2O/c1-22(2,3)16-9-11-25(12-10-16)17-13-15-7-8-18-20(19(15)14-17)26-24-21(18)23(4,5)6/h7-8,16-17H,9-14H2,1-6H3/t17-/m0/s1. The van der Waals surface area contributed by atoms with Gasteiger partial charge in [0.15, 0.2) is 5.58 Å². The van der Waals surface area contributed by atoms with Gasteiger partial charge in [-0.15, -0.1) is 0 Å². The summed E-state index contributed by atoms with van der Waals surface area (Å²) in [7, 11) is 0. The lowest BCUT2D eigenvalue weighted by Gasteiger charge is -2.41. The van der Waals surface area contributed by atoms with Crippen molar-refractivity contribution in [2.75, 3.05) is 13.1 Å². The highest BCUT2D eigenvalue weighted by molar-refractivity contribution is 5.85. The van der Waals surface area contributed by atoms with Crippen LogP contribution in [-0.4, -0.2) is 29.2 Å². The fourth-order valence-corrected chi connectivity index (χ4v) is 5.01. The summed E-state index contributed by atoms with van der Waals surface area (Å²) in [6.45, 7) is 16.3. The van der Waals surface area contributed by atoms with E-state index in [1.54, 1.807) is 0 Å². The van der Waals surface area contributed by atoms with Gasteiger partial charge in [-0.05, 0) is 61.7 Å². The Kier molecular flexibility index (Phi) is 4.22. The number of nitrogens with zero attached hydrogens (tertiary/aromatic N) is 2. The second kappa shape index (κ2) is 6.09. The molecule has 0 N–H and O–H groups in total. The maximum Gasteiger partial charge on any atom is 0.170 e. The van der Waals surface area contributed by atoms with Gasteiger partial charge >= 0.3 is 0 Å². The molecule has 0 spiro atoms. The van der Waals surface area contributed by atoms with Gasteiger partial charge in [0.25, 0.3) is 0 Å². The van der Waals surface area contributed by atoms with Crippen LogP contribution in [0.5, 0.6) is 0 Å². The van der Waals surface area contributed by atoms with Gasteiger partial charge in [-0.25, -0.2) is 0 Å². The number of likely N-dealkylation sites (tertiary alicyclic amines) is 1. The first-order valence-corrected chi connectivity index (χ1v) is 10.3. The quantitative estimate of drug-likeness (QED) is 0.691. The van der Waals surface area contributed by atoms with Gasteiger partial charge < -0.3 is 4.52 Å². The van der Waals surface area contributed by atoms with Crippen LogP contribution >= 0.6 is 0 Å². The second-order valence-electron chi connectivity index (χ2n) is 10.6. The van der Waals surface area contributed by atoms with E-state index in [9.17, 15) is 0 Å². The van der Waals surface area contributed by atoms with Crippen LogP contribution in [0.3, 0.4) is 0 Å². The van der Waals surface area contributed by atoms with Crippen molar-refractivity contribution in [1.29, 1.82) is 0 Å². The summed E-state index contributed by atoms with van der Waals surface area (Å²) >= 11 is 0. The molecule has 1 saturated heterocycles. The highest BCUT2D eigenvalue weighted by Gasteiger charge is 2.35. The largest absolute Gasteiger partial charge is 0.356 e. The third kappa shape index (κ3) is 3.09. The predicted molar refractivity (Wildman–Crippen MR) is 108 cm³/mol. The van der Waals surface area contributed by atoms with Crippen LogP contribution in [0.4, 0.5) is 0 Å². The topological polar surface area (TPSA) is 29.3 Å². The zero-order chi connectivity index (χ0) is 18.7. The van der Waals surface area contributed by atoms with Gasteiger partial charge in [0, 0.05) is 22.4 Å². The summed E-state index contributed by atoms with van der Waals surface area (Å²) in [5.74, 6) is 0.859. The van der Waals surface area contributed by atoms with Crippen molar-refractivity contribution in [2.45, 2.75) is 78.7 Å². The Balaban J connectivity index is 1.53. The molecule has 1 atom stereocenters. The molecule has 2 heterocycles. The van der Waals surface area contributed by atoms with E-state index in [0.717, 1.165) is 30.0 Å². The van der Waals surface area contributed by atoms with Crippen LogP contribution in [0.15, 0.2) is 16.7 Å². The third-order valence-corrected chi connectivity index (χ3v) is 6.72. The van der Waals surface area contributed by atoms with Gasteiger partial charge in [-0.2, -0.15) is 0 Å². The monoisotopic (exact) mass is 354 g/mol. The summed E-state index contributed by atoms with van der Waals surface area (Å²) in [4.78, 5) is 2.73. The fourth-order valence-electron chi connectivity index (χ4n) is 5.01. The predicted octanol–water partition coefficient (Wildman–Crippen LogP) is 5.35. The lowest BCUT2D eigenvalue weighted by atomic mass is 9.75. The van der Waals surface area contributed by atoms with Crippen LogP contribution in [0.25, 0.3) is 11.0 Å². The Morgan fingerprint density at radius 3 is 2.31 bits per heavy atom. The average molecular weight is 355 g/mol. The van der Waals surface area contributed by atoms with Crippen molar-refractivity contribution in [3.63, 3.8) is 0 Å². The summed E-state index contributed by atoms with van der Waals surface area (Å²) < 4.78 is 5.85. The number of piperidine rings is 1. The number of benzene rings is 1. The molecule has 26 heavy (non-hydrogen) atoms. The van der Waals surface area contributed by atoms with E-state index in [-0.39, 0.29) is 5.41 Å². The normalized spacial score (nSPS) is 22.9. The Morgan fingerprint density at radius 2 is 1.69 bits per heavy atom. The Morgan fingerprint density at radius 1 is 1.00 bits per heavy atom. The van der Waals surface area contributed by atoms with Gasteiger partial charge in [-0.3, -0.25) is 4.90 Å². The van der Waals surface area contributed by atoms with E-state index in [1.807, 2.05) is 0 Å². The van der Waals surface area contributed by atoms with Crippen LogP contribution in [0, 0.1) is 11.3 Å². The van der Waals surface area contributed by atoms with E-state index in [0.29, 0.717) is 11.5 Å². The Labute approximate surface area is 158 Å². The lowest BCUT2D eigenvalue weighted by molar-refractivity contribution is 0.0853. The van der Waals surface area contributed by atoms with Gasteiger partial charge in [-0.1, -0.05) is 52.8 Å². The Hall–Kier alpha value is -1.35. The van der Waals surface area contributed by atoms with Crippen molar-refractivity contribution >= 4 is 11.0 Å². The molecule has 0 unspecified atom stereocenters. The van der Waals surface area contributed by atoms with E-state index in [2.05, 4.69) is 63.7 Å². The van der Waals surface area contributed by atoms with Crippen LogP contribution in [-0.2, 0) is 18.3 Å². The molecular weight excluding hydrogens is 320 g/mol. The zero-order valence-electron chi connectivity index (χ0n) is 17.4. The number of hydrogen-bond acceptors (Lipinski definition) is 3. The zero-order valence-corrected chi connectivity index (χ0v) is 17.4. The second-order valence-corrected chi connectivity index (χ2v) is 10.6. The van der Waals surface area contributed by atoms with Crippen LogP contribution in [0.2, 0.25) is 0 Å². The molecule has 1 aromatic carbocycles. The van der Waals surface area contributed by atoms with E-state index < -0.39 is 0 Å². The lowest BCUT2D eigenvalue weighted by Crippen LogP contribution is -2.44. The average Bonchev–Trinajstić information content (AvgIpc) is 3.17. The third-order valence-electron chi connectivity index (χ3n) is 6.72. The summed E-state index contributed by atoms with van der Waals surface area (Å²) in [5.41, 5.74) is 5.47. The van der Waals surface area contributed by atoms with E-state index in [1.165, 1.54) is 42.4 Å². The number of rotatable bonds is 1. The first-order valence-electron chi connectivity index (χ1n) is 10.3. The molecule has 4 rings (SSSR count). The minimum atomic E-state index is 0.0202. The molecule has 0 saturated carbocycles. The fraction of sp³-hybridized carbons (Fsp3) is 0.696. The summed E-state index contributed by atoms with van der Waals surface area (Å²) in [5, 5.41) is 5.64. The molecule has 1 aromatic heterocycles. The minimum Gasteiger partial charge on any atom is -0.356 e. The highest BCUT2D eigenvalue weighted by Crippen LogP contribution is 2.39. The van der Waals surface area contributed by atoms with Gasteiger partial charge in [0.05, 0.1) is 5.69 Å². The van der Waals surface area contributed by atoms with Crippen LogP contribution in [0.1, 0.15) is 71.2 Å². The molecule has 0 amide bonds. The molecule has 142 valence electrons. The molecule has 3 heteroatoms. The number of hydrogen-bond donors (Lipinski definition) is 0. The van der Waals surface area contributed by atoms with Crippen molar-refractivity contribution in [3.05, 3.63) is 29.0 Å². The summed E-state index contributed by atoms with van der Waals surface area (Å²) in [6.07, 6.45) is 4.95. The van der Waals surface area contributed by atoms with Crippen molar-refractivity contribution in [3.8, 4) is 0 Å². The minimum absolute atomic E-state index is 0.0202. The molecule has 1 aliphatic carbocycles. The maximum atomic E-state index is 5.85. The SMILES string of the molecule is CC(C)(C)c1noc2c3c(ccc12)C[C@H](N1CCC(C(C)(C)C)CC1)C3. The molecule has 3 nitrogen and oxygen atoms in total. The van der Waals surface area contributed by atoms with Gasteiger partial charge in [0.2, 0.25) is 0 Å². The van der Waals surface area contributed by atoms with E-state index in [4.69, 9.17) is 4.52 Å². The van der Waals surface area contributed by atoms with Crippen LogP contribution < -0.4 is 0 Å². The summed E-state index contributed by atoms with van der Waals surface area (Å²) in [6, 6.07) is 5.20. The van der Waals surface area contributed by atoms with Gasteiger partial charge in [0.1, 0.15) is 0 Å². The number of fused-ring (bicyclic) bond motifs is 3. The molecule has 1 aliphatic heterocycles. The van der Waals surface area contributed by atoms with Crippen molar-refractivity contribution < 1.29 is 4.52 Å². The molecule has 2 aliphatic rings. The van der Waals surface area contributed by atoms with Crippen molar-refractivity contribution in [1.82, 2.24) is 10.1 Å². The smallest absolute Gasteiger partial charge is 0.170 e. The number of aromatic nitrogens is 1. The Bertz CT molecular complexity index is 798. The first-order chi connectivity index (χ1) is 12.1. The molecular formula is C23H34N2O. The molecule has 0 bridgehead atoms. The first kappa shape index (κ1) is 18.0. The van der Waals surface area contributed by atoms with Crippen molar-refractivity contribution in [2.24, 2.45) is 11.3 Å². The molecule has 0 radical (unpaired) electrons. The van der Waals surface area contributed by atoms with E-state index >= 15 is 0 Å². The molecule has 1 fully saturated rings. The highest BCUT2D eigenvalue weighted by atomic mass is 16.5. The maximum absolute atomic E-state index is 5.85.